The molecule has 2 nitrogen and oxygen atoms in total. The minimum Gasteiger partial charge on any atom is -0.358 e. The van der Waals surface area contributed by atoms with E-state index in [-0.39, 0.29) is 0 Å². The maximum Gasteiger partial charge on any atom is 0.0459 e. The first kappa shape index (κ1) is 9.72. The normalized spacial score (nSPS) is 28.3. The fraction of sp³-hybridized carbons (Fsp3) is 0.467. The molecule has 1 aliphatic carbocycles. The number of aromatic amines is 1. The molecule has 1 fully saturated rings. The number of H-pyrrole nitrogens is 1. The number of fused-ring (bicyclic) bond motifs is 5. The van der Waals surface area contributed by atoms with E-state index < -0.39 is 0 Å². The van der Waals surface area contributed by atoms with Crippen molar-refractivity contribution >= 4 is 10.9 Å². The minimum atomic E-state index is 0.764. The van der Waals surface area contributed by atoms with Crippen molar-refractivity contribution in [1.82, 2.24) is 9.88 Å². The van der Waals surface area contributed by atoms with Crippen LogP contribution < -0.4 is 0 Å². The number of aromatic nitrogens is 1. The van der Waals surface area contributed by atoms with Crippen LogP contribution in [0.1, 0.15) is 23.6 Å². The van der Waals surface area contributed by atoms with Crippen LogP contribution in [-0.4, -0.2) is 30.0 Å². The molecule has 0 spiro atoms. The lowest BCUT2D eigenvalue weighted by atomic mass is 9.79. The number of hydrogen-bond acceptors (Lipinski definition) is 1. The van der Waals surface area contributed by atoms with Gasteiger partial charge < -0.3 is 9.88 Å². The van der Waals surface area contributed by atoms with Gasteiger partial charge in [-0.1, -0.05) is 18.2 Å². The molecule has 0 saturated carbocycles. The number of benzene rings is 1. The molecule has 2 aromatic rings. The molecule has 0 bridgehead atoms. The molecule has 2 aliphatic rings. The van der Waals surface area contributed by atoms with Crippen LogP contribution in [0.4, 0.5) is 0 Å². The summed E-state index contributed by atoms with van der Waals surface area (Å²) < 4.78 is 0. The lowest BCUT2D eigenvalue weighted by Crippen LogP contribution is -2.18. The van der Waals surface area contributed by atoms with Crippen LogP contribution in [0, 0.1) is 5.92 Å². The maximum absolute atomic E-state index is 3.62. The molecule has 1 aliphatic heterocycles. The van der Waals surface area contributed by atoms with Crippen molar-refractivity contribution in [3.05, 3.63) is 35.5 Å². The first-order valence-electron chi connectivity index (χ1n) is 6.61. The molecule has 4 rings (SSSR count). The second-order valence-corrected chi connectivity index (χ2v) is 5.69. The van der Waals surface area contributed by atoms with E-state index in [0.717, 1.165) is 11.8 Å². The summed E-state index contributed by atoms with van der Waals surface area (Å²) in [4.78, 5) is 6.12. The molecule has 0 radical (unpaired) electrons. The summed E-state index contributed by atoms with van der Waals surface area (Å²) in [7, 11) is 2.26. The van der Waals surface area contributed by atoms with Gasteiger partial charge in [0.05, 0.1) is 0 Å². The molecule has 2 heteroatoms. The van der Waals surface area contributed by atoms with E-state index in [9.17, 15) is 0 Å². The van der Waals surface area contributed by atoms with Crippen molar-refractivity contribution in [2.24, 2.45) is 5.92 Å². The maximum atomic E-state index is 3.62. The zero-order valence-corrected chi connectivity index (χ0v) is 10.2. The van der Waals surface area contributed by atoms with Gasteiger partial charge in [0.1, 0.15) is 0 Å². The number of aryl methyl sites for hydroxylation is 1. The third-order valence-corrected chi connectivity index (χ3v) is 4.59. The molecule has 17 heavy (non-hydrogen) atoms. The van der Waals surface area contributed by atoms with E-state index in [4.69, 9.17) is 0 Å². The van der Waals surface area contributed by atoms with Gasteiger partial charge in [0.15, 0.2) is 0 Å². The summed E-state index contributed by atoms with van der Waals surface area (Å²) in [6.45, 7) is 2.52. The fourth-order valence-corrected chi connectivity index (χ4v) is 3.88. The van der Waals surface area contributed by atoms with E-state index in [1.54, 1.807) is 5.56 Å². The molecular formula is C15H18N2. The van der Waals surface area contributed by atoms with Crippen molar-refractivity contribution in [2.45, 2.75) is 18.8 Å². The van der Waals surface area contributed by atoms with Crippen molar-refractivity contribution in [3.63, 3.8) is 0 Å². The van der Waals surface area contributed by atoms with E-state index in [1.807, 2.05) is 0 Å². The molecule has 1 aromatic carbocycles. The highest BCUT2D eigenvalue weighted by Gasteiger charge is 2.37. The Kier molecular flexibility index (Phi) is 1.92. The summed E-state index contributed by atoms with van der Waals surface area (Å²) >= 11 is 0. The number of likely N-dealkylation sites (N-methyl/N-ethyl adjacent to an activating group) is 1. The van der Waals surface area contributed by atoms with Crippen LogP contribution in [0.25, 0.3) is 10.9 Å². The third-order valence-electron chi connectivity index (χ3n) is 4.59. The highest BCUT2D eigenvalue weighted by Crippen LogP contribution is 2.43. The third kappa shape index (κ3) is 1.31. The molecular weight excluding hydrogens is 208 g/mol. The van der Waals surface area contributed by atoms with Gasteiger partial charge in [0.25, 0.3) is 0 Å². The van der Waals surface area contributed by atoms with Gasteiger partial charge in [-0.25, -0.2) is 0 Å². The highest BCUT2D eigenvalue weighted by molar-refractivity contribution is 5.85. The van der Waals surface area contributed by atoms with E-state index in [0.29, 0.717) is 0 Å². The summed E-state index contributed by atoms with van der Waals surface area (Å²) in [6, 6.07) is 8.79. The number of nitrogens with one attached hydrogen (secondary N) is 1. The van der Waals surface area contributed by atoms with Crippen LogP contribution in [-0.2, 0) is 6.42 Å². The van der Waals surface area contributed by atoms with Gasteiger partial charge in [0.2, 0.25) is 0 Å². The highest BCUT2D eigenvalue weighted by atomic mass is 15.1. The predicted molar refractivity (Wildman–Crippen MR) is 70.3 cm³/mol. The zero-order chi connectivity index (χ0) is 11.4. The van der Waals surface area contributed by atoms with E-state index in [1.165, 1.54) is 42.5 Å². The average molecular weight is 226 g/mol. The molecule has 88 valence electrons. The molecule has 1 aromatic heterocycles. The molecule has 2 unspecified atom stereocenters. The number of nitrogens with zero attached hydrogens (tertiary/aromatic N) is 1. The smallest absolute Gasteiger partial charge is 0.0459 e. The molecule has 2 atom stereocenters. The molecule has 0 amide bonds. The van der Waals surface area contributed by atoms with Gasteiger partial charge in [-0.2, -0.15) is 0 Å². The van der Waals surface area contributed by atoms with Crippen LogP contribution in [0.2, 0.25) is 0 Å². The van der Waals surface area contributed by atoms with E-state index in [2.05, 4.69) is 41.2 Å². The molecule has 2 heterocycles. The van der Waals surface area contributed by atoms with Crippen LogP contribution in [0.5, 0.6) is 0 Å². The number of para-hydroxylation sites is 1. The Morgan fingerprint density at radius 3 is 3.06 bits per heavy atom. The average Bonchev–Trinajstić information content (AvgIpc) is 2.87. The van der Waals surface area contributed by atoms with Crippen molar-refractivity contribution < 1.29 is 0 Å². The predicted octanol–water partition coefficient (Wildman–Crippen LogP) is 2.76. The topological polar surface area (TPSA) is 19.0 Å². The lowest BCUT2D eigenvalue weighted by molar-refractivity contribution is 0.386. The van der Waals surface area contributed by atoms with E-state index >= 15 is 0 Å². The Balaban J connectivity index is 1.94. The fourth-order valence-electron chi connectivity index (χ4n) is 3.88. The zero-order valence-electron chi connectivity index (χ0n) is 10.2. The minimum absolute atomic E-state index is 0.764. The summed E-state index contributed by atoms with van der Waals surface area (Å²) in [6.07, 6.45) is 2.59. The summed E-state index contributed by atoms with van der Waals surface area (Å²) in [5.74, 6) is 1.65. The Bertz CT molecular complexity index is 569. The monoisotopic (exact) mass is 226 g/mol. The van der Waals surface area contributed by atoms with Crippen LogP contribution >= 0.6 is 0 Å². The largest absolute Gasteiger partial charge is 0.358 e. The van der Waals surface area contributed by atoms with Gasteiger partial charge in [-0.15, -0.1) is 0 Å². The standard InChI is InChI=1S/C15H18N2/c1-17-8-10-6-7-14-15(12(10)9-17)11-4-2-3-5-13(11)16-14/h2-5,10,12,16H,6-9H2,1H3. The first-order chi connectivity index (χ1) is 8.33. The molecule has 1 saturated heterocycles. The van der Waals surface area contributed by atoms with Gasteiger partial charge in [-0.05, 0) is 37.4 Å². The summed E-state index contributed by atoms with van der Waals surface area (Å²) in [5, 5.41) is 1.47. The SMILES string of the molecule is CN1CC2CCc3[nH]c4ccccc4c3C2C1. The number of rotatable bonds is 0. The molecule has 1 N–H and O–H groups in total. The number of likely N-dealkylation sites (tertiary alicyclic amines) is 1. The van der Waals surface area contributed by atoms with Crippen LogP contribution in [0.15, 0.2) is 24.3 Å². The Morgan fingerprint density at radius 2 is 2.12 bits per heavy atom. The van der Waals surface area contributed by atoms with Crippen LogP contribution in [0.3, 0.4) is 0 Å². The van der Waals surface area contributed by atoms with Crippen molar-refractivity contribution in [1.29, 1.82) is 0 Å². The van der Waals surface area contributed by atoms with Crippen molar-refractivity contribution in [3.8, 4) is 0 Å². The second kappa shape index (κ2) is 3.36. The second-order valence-electron chi connectivity index (χ2n) is 5.69. The quantitative estimate of drug-likeness (QED) is 0.732. The van der Waals surface area contributed by atoms with Gasteiger partial charge in [-0.3, -0.25) is 0 Å². The first-order valence-corrected chi connectivity index (χ1v) is 6.61. The Hall–Kier alpha value is -1.28. The van der Waals surface area contributed by atoms with Gasteiger partial charge in [0, 0.05) is 35.6 Å². The Morgan fingerprint density at radius 1 is 1.24 bits per heavy atom. The number of hydrogen-bond donors (Lipinski definition) is 1. The Labute approximate surface area is 102 Å². The van der Waals surface area contributed by atoms with Gasteiger partial charge >= 0.3 is 0 Å². The lowest BCUT2D eigenvalue weighted by Gasteiger charge is -2.24. The van der Waals surface area contributed by atoms with Crippen molar-refractivity contribution in [2.75, 3.05) is 20.1 Å². The summed E-state index contributed by atoms with van der Waals surface area (Å²) in [5.41, 5.74) is 4.46.